The van der Waals surface area contributed by atoms with Crippen LogP contribution in [0.1, 0.15) is 65.5 Å². The largest absolute Gasteiger partial charge is 0.480 e. The van der Waals surface area contributed by atoms with Gasteiger partial charge in [0.1, 0.15) is 12.1 Å². The number of carboxylic acids is 1. The van der Waals surface area contributed by atoms with E-state index in [4.69, 9.17) is 0 Å². The summed E-state index contributed by atoms with van der Waals surface area (Å²) in [4.78, 5) is 89.9. The van der Waals surface area contributed by atoms with Crippen LogP contribution in [0.5, 0.6) is 0 Å². The molecule has 1 aromatic carbocycles. The van der Waals surface area contributed by atoms with Crippen LogP contribution in [0.25, 0.3) is 0 Å². The minimum absolute atomic E-state index is 0.00245. The third-order valence-electron chi connectivity index (χ3n) is 8.66. The summed E-state index contributed by atoms with van der Waals surface area (Å²) >= 11 is 0. The van der Waals surface area contributed by atoms with Crippen molar-refractivity contribution in [2.45, 2.75) is 84.8 Å². The van der Waals surface area contributed by atoms with E-state index < -0.39 is 58.6 Å². The van der Waals surface area contributed by atoms with Crippen LogP contribution in [0, 0.1) is 12.3 Å². The average Bonchev–Trinajstić information content (AvgIpc) is 3.35. The summed E-state index contributed by atoms with van der Waals surface area (Å²) < 4.78 is 0. The zero-order chi connectivity index (χ0) is 38.0. The molecule has 1 heterocycles. The van der Waals surface area contributed by atoms with Crippen LogP contribution in [0.3, 0.4) is 0 Å². The standard InChI is InChI=1S/C36H52N6O8/c1-22-11-10-12-24(21-22)36(6,7)29(37-8)32(47)40-30(35(3,4)5)33(48)41(9)19-17-23(2)31(46)39-25(34(49)50)13-14-26(43)38-18-20-42-27(44)15-16-28(42)45/h10-12,15-17,21,25,29-30,37H,13-14,18-20H2,1-9H3,(H,38,43)(H,39,46)(H,40,47)(H,49,50)/b23-17+/t25-,29-,30?/m1/s1. The number of carbonyl (C=O) groups is 7. The Morgan fingerprint density at radius 3 is 2.14 bits per heavy atom. The van der Waals surface area contributed by atoms with E-state index in [-0.39, 0.29) is 49.9 Å². The molecule has 0 aromatic heterocycles. The molecule has 1 aliphatic heterocycles. The highest BCUT2D eigenvalue weighted by atomic mass is 16.4. The van der Waals surface area contributed by atoms with E-state index in [1.807, 2.05) is 65.8 Å². The number of hydrogen-bond donors (Lipinski definition) is 5. The van der Waals surface area contributed by atoms with Gasteiger partial charge in [-0.25, -0.2) is 4.79 Å². The minimum Gasteiger partial charge on any atom is -0.480 e. The molecule has 3 atom stereocenters. The third kappa shape index (κ3) is 11.4. The molecule has 2 rings (SSSR count). The molecule has 0 spiro atoms. The van der Waals surface area contributed by atoms with E-state index in [1.165, 1.54) is 17.9 Å². The summed E-state index contributed by atoms with van der Waals surface area (Å²) in [5.74, 6) is -4.20. The molecule has 0 saturated heterocycles. The number of carboxylic acid groups (broad SMARTS) is 1. The van der Waals surface area contributed by atoms with Crippen LogP contribution >= 0.6 is 0 Å². The van der Waals surface area contributed by atoms with Crippen molar-refractivity contribution in [2.24, 2.45) is 5.41 Å². The van der Waals surface area contributed by atoms with Gasteiger partial charge >= 0.3 is 5.97 Å². The van der Waals surface area contributed by atoms with Gasteiger partial charge in [-0.1, -0.05) is 70.5 Å². The van der Waals surface area contributed by atoms with Crippen LogP contribution in [-0.4, -0.2) is 108 Å². The molecule has 1 aliphatic rings. The van der Waals surface area contributed by atoms with Crippen molar-refractivity contribution in [1.82, 2.24) is 31.1 Å². The van der Waals surface area contributed by atoms with E-state index in [0.717, 1.165) is 28.2 Å². The Kier molecular flexibility index (Phi) is 14.6. The lowest BCUT2D eigenvalue weighted by Crippen LogP contribution is -2.60. The highest BCUT2D eigenvalue weighted by Gasteiger charge is 2.40. The first-order chi connectivity index (χ1) is 23.2. The summed E-state index contributed by atoms with van der Waals surface area (Å²) in [5, 5.41) is 20.6. The smallest absolute Gasteiger partial charge is 0.326 e. The fourth-order valence-electron chi connectivity index (χ4n) is 5.44. The number of hydrogen-bond acceptors (Lipinski definition) is 8. The topological polar surface area (TPSA) is 194 Å². The molecular weight excluding hydrogens is 644 g/mol. The van der Waals surface area contributed by atoms with Crippen molar-refractivity contribution in [3.05, 3.63) is 59.2 Å². The number of carbonyl (C=O) groups excluding carboxylic acids is 6. The maximum absolute atomic E-state index is 13.7. The molecule has 0 radical (unpaired) electrons. The molecule has 274 valence electrons. The Morgan fingerprint density at radius 2 is 1.60 bits per heavy atom. The number of imide groups is 1. The Bertz CT molecular complexity index is 1510. The van der Waals surface area contributed by atoms with E-state index in [1.54, 1.807) is 14.1 Å². The van der Waals surface area contributed by atoms with E-state index >= 15 is 0 Å². The average molecular weight is 697 g/mol. The van der Waals surface area contributed by atoms with Gasteiger partial charge in [-0.05, 0) is 38.3 Å². The fraction of sp³-hybridized carbons (Fsp3) is 0.528. The maximum Gasteiger partial charge on any atom is 0.326 e. The van der Waals surface area contributed by atoms with Crippen molar-refractivity contribution in [1.29, 1.82) is 0 Å². The van der Waals surface area contributed by atoms with Gasteiger partial charge in [0, 0.05) is 56.2 Å². The first kappa shape index (κ1) is 41.3. The second-order valence-electron chi connectivity index (χ2n) is 14.1. The molecule has 0 saturated carbocycles. The lowest BCUT2D eigenvalue weighted by molar-refractivity contribution is -0.142. The van der Waals surface area contributed by atoms with E-state index in [9.17, 15) is 38.7 Å². The summed E-state index contributed by atoms with van der Waals surface area (Å²) in [6, 6.07) is 5.00. The van der Waals surface area contributed by atoms with Crippen LogP contribution in [-0.2, 0) is 39.0 Å². The van der Waals surface area contributed by atoms with E-state index in [0.29, 0.717) is 0 Å². The quantitative estimate of drug-likeness (QED) is 0.118. The van der Waals surface area contributed by atoms with E-state index in [2.05, 4.69) is 21.3 Å². The normalized spacial score (nSPS) is 15.3. The molecule has 1 aromatic rings. The monoisotopic (exact) mass is 696 g/mol. The van der Waals surface area contributed by atoms with Crippen LogP contribution in [0.15, 0.2) is 48.1 Å². The Morgan fingerprint density at radius 1 is 0.980 bits per heavy atom. The predicted molar refractivity (Wildman–Crippen MR) is 188 cm³/mol. The molecular formula is C36H52N6O8. The van der Waals surface area contributed by atoms with Gasteiger partial charge in [0.2, 0.25) is 23.6 Å². The fourth-order valence-corrected chi connectivity index (χ4v) is 5.44. The van der Waals surface area contributed by atoms with Gasteiger partial charge in [0.15, 0.2) is 0 Å². The number of aryl methyl sites for hydroxylation is 1. The highest BCUT2D eigenvalue weighted by molar-refractivity contribution is 6.12. The van der Waals surface area contributed by atoms with Crippen molar-refractivity contribution in [3.8, 4) is 0 Å². The molecule has 0 bridgehead atoms. The van der Waals surface area contributed by atoms with Crippen molar-refractivity contribution in [3.63, 3.8) is 0 Å². The lowest BCUT2D eigenvalue weighted by Gasteiger charge is -2.38. The number of aliphatic carboxylic acids is 1. The second kappa shape index (κ2) is 17.7. The lowest BCUT2D eigenvalue weighted by atomic mass is 9.76. The molecule has 14 heteroatoms. The molecule has 0 aliphatic carbocycles. The van der Waals surface area contributed by atoms with Gasteiger partial charge in [-0.2, -0.15) is 0 Å². The molecule has 14 nitrogen and oxygen atoms in total. The summed E-state index contributed by atoms with van der Waals surface area (Å²) in [7, 11) is 3.25. The van der Waals surface area contributed by atoms with Gasteiger partial charge in [-0.3, -0.25) is 33.7 Å². The summed E-state index contributed by atoms with van der Waals surface area (Å²) in [6.45, 7) is 12.9. The molecule has 6 amide bonds. The zero-order valence-corrected chi connectivity index (χ0v) is 30.5. The molecule has 1 unspecified atom stereocenters. The number of amides is 6. The number of nitrogens with one attached hydrogen (secondary N) is 4. The Labute approximate surface area is 294 Å². The van der Waals surface area contributed by atoms with Crippen molar-refractivity contribution < 1.29 is 38.7 Å². The first-order valence-corrected chi connectivity index (χ1v) is 16.5. The molecule has 50 heavy (non-hydrogen) atoms. The first-order valence-electron chi connectivity index (χ1n) is 16.5. The minimum atomic E-state index is -1.37. The zero-order valence-electron chi connectivity index (χ0n) is 30.5. The summed E-state index contributed by atoms with van der Waals surface area (Å²) in [6.07, 6.45) is 3.31. The van der Waals surface area contributed by atoms with Crippen molar-refractivity contribution >= 4 is 41.4 Å². The van der Waals surface area contributed by atoms with Crippen molar-refractivity contribution in [2.75, 3.05) is 33.7 Å². The SMILES string of the molecule is CN[C@H](C(=O)NC(C(=O)N(C)C/C=C(\C)C(=O)N[C@H](CCC(=O)NCCN1C(=O)C=CC1=O)C(=O)O)C(C)(C)C)C(C)(C)c1cccc(C)c1. The third-order valence-corrected chi connectivity index (χ3v) is 8.66. The number of nitrogens with zero attached hydrogens (tertiary/aromatic N) is 2. The Hall–Kier alpha value is -4.85. The van der Waals surface area contributed by atoms with Crippen LogP contribution in [0.4, 0.5) is 0 Å². The van der Waals surface area contributed by atoms with Gasteiger partial charge in [-0.15, -0.1) is 0 Å². The highest BCUT2D eigenvalue weighted by Crippen LogP contribution is 2.29. The van der Waals surface area contributed by atoms with Gasteiger partial charge in [0.25, 0.3) is 11.8 Å². The number of likely N-dealkylation sites (N-methyl/N-ethyl adjacent to an activating group) is 2. The second-order valence-corrected chi connectivity index (χ2v) is 14.1. The predicted octanol–water partition coefficient (Wildman–Crippen LogP) is 1.19. The maximum atomic E-state index is 13.7. The molecule has 0 fully saturated rings. The van der Waals surface area contributed by atoms with Crippen LogP contribution in [0.2, 0.25) is 0 Å². The summed E-state index contributed by atoms with van der Waals surface area (Å²) in [5.41, 5.74) is 0.917. The number of benzene rings is 1. The Balaban J connectivity index is 2.00. The number of rotatable bonds is 17. The van der Waals surface area contributed by atoms with Crippen LogP contribution < -0.4 is 21.3 Å². The van der Waals surface area contributed by atoms with Gasteiger partial charge in [0.05, 0.1) is 6.04 Å². The van der Waals surface area contributed by atoms with Gasteiger partial charge < -0.3 is 31.3 Å². The molecule has 5 N–H and O–H groups in total.